The van der Waals surface area contributed by atoms with Gasteiger partial charge in [0.25, 0.3) is 0 Å². The predicted octanol–water partition coefficient (Wildman–Crippen LogP) is 2.49. The zero-order valence-corrected chi connectivity index (χ0v) is 19.3. The molecule has 4 aromatic heterocycles. The van der Waals surface area contributed by atoms with E-state index in [0.717, 1.165) is 21.0 Å². The lowest BCUT2D eigenvalue weighted by molar-refractivity contribution is -0.121. The van der Waals surface area contributed by atoms with Gasteiger partial charge in [0.05, 0.1) is 36.7 Å². The summed E-state index contributed by atoms with van der Waals surface area (Å²) >= 11 is 3.03. The van der Waals surface area contributed by atoms with Crippen molar-refractivity contribution in [3.8, 4) is 0 Å². The van der Waals surface area contributed by atoms with Crippen molar-refractivity contribution in [2.75, 3.05) is 0 Å². The highest BCUT2D eigenvalue weighted by Gasteiger charge is 2.08. The number of thiazole rings is 2. The monoisotopic (exact) mass is 490 g/mol. The number of nitrogens with one attached hydrogen (secondary N) is 2. The van der Waals surface area contributed by atoms with Gasteiger partial charge in [-0.05, 0) is 17.2 Å². The minimum atomic E-state index is -0.250. The van der Waals surface area contributed by atoms with E-state index >= 15 is 0 Å². The maximum Gasteiger partial charge on any atom is 0.246 e. The van der Waals surface area contributed by atoms with Crippen molar-refractivity contribution in [1.82, 2.24) is 29.6 Å². The summed E-state index contributed by atoms with van der Waals surface area (Å²) in [5.74, 6) is -0.500. The van der Waals surface area contributed by atoms with Crippen LogP contribution in [0.15, 0.2) is 70.0 Å². The molecule has 0 aliphatic carbocycles. The lowest BCUT2D eigenvalue weighted by atomic mass is 10.1. The molecule has 0 fully saturated rings. The van der Waals surface area contributed by atoms with Crippen molar-refractivity contribution in [2.45, 2.75) is 12.8 Å². The van der Waals surface area contributed by atoms with Crippen molar-refractivity contribution >= 4 is 56.8 Å². The first-order valence-electron chi connectivity index (χ1n) is 10.2. The van der Waals surface area contributed by atoms with E-state index in [-0.39, 0.29) is 24.7 Å². The summed E-state index contributed by atoms with van der Waals surface area (Å²) in [6.07, 6.45) is 10.8. The first kappa shape index (κ1) is 21.7. The number of aromatic nitrogens is 4. The Labute approximate surface area is 201 Å². The van der Waals surface area contributed by atoms with Gasteiger partial charge in [-0.3, -0.25) is 18.4 Å². The molecule has 10 nitrogen and oxygen atoms in total. The number of hydrazone groups is 2. The third-order valence-corrected chi connectivity index (χ3v) is 6.23. The minimum absolute atomic E-state index is 0.148. The number of hydrogen-bond donors (Lipinski definition) is 2. The molecule has 4 heterocycles. The van der Waals surface area contributed by atoms with Crippen LogP contribution < -0.4 is 10.9 Å². The maximum atomic E-state index is 12.1. The second-order valence-corrected chi connectivity index (χ2v) is 9.01. The summed E-state index contributed by atoms with van der Waals surface area (Å²) < 4.78 is 3.76. The van der Waals surface area contributed by atoms with E-state index < -0.39 is 0 Å². The summed E-state index contributed by atoms with van der Waals surface area (Å²) in [6, 6.07) is 7.36. The summed E-state index contributed by atoms with van der Waals surface area (Å²) in [5.41, 5.74) is 7.95. The number of carbonyl (C=O) groups is 2. The molecule has 0 aliphatic heterocycles. The number of rotatable bonds is 8. The Morgan fingerprint density at radius 1 is 0.853 bits per heavy atom. The number of hydrogen-bond acceptors (Lipinski definition) is 8. The minimum Gasteiger partial charge on any atom is -0.297 e. The summed E-state index contributed by atoms with van der Waals surface area (Å²) in [6.45, 7) is 0. The molecule has 0 saturated heterocycles. The molecule has 12 heteroatoms. The molecule has 1 aromatic carbocycles. The number of benzene rings is 1. The van der Waals surface area contributed by atoms with Gasteiger partial charge in [0.2, 0.25) is 11.8 Å². The first-order valence-corrected chi connectivity index (χ1v) is 11.9. The Hall–Kier alpha value is -4.16. The van der Waals surface area contributed by atoms with Gasteiger partial charge in [0.15, 0.2) is 9.92 Å². The highest BCUT2D eigenvalue weighted by molar-refractivity contribution is 7.15. The third-order valence-electron chi connectivity index (χ3n) is 4.69. The molecule has 5 aromatic rings. The molecule has 2 N–H and O–H groups in total. The highest BCUT2D eigenvalue weighted by Crippen LogP contribution is 2.12. The van der Waals surface area contributed by atoms with Gasteiger partial charge >= 0.3 is 0 Å². The topological polar surface area (TPSA) is 118 Å². The van der Waals surface area contributed by atoms with E-state index in [9.17, 15) is 9.59 Å². The van der Waals surface area contributed by atoms with Crippen molar-refractivity contribution in [1.29, 1.82) is 0 Å². The second kappa shape index (κ2) is 9.77. The lowest BCUT2D eigenvalue weighted by Gasteiger charge is -1.99. The molecule has 0 unspecified atom stereocenters. The Morgan fingerprint density at radius 3 is 1.82 bits per heavy atom. The Balaban J connectivity index is 1.10. The molecule has 170 valence electrons. The fourth-order valence-electron chi connectivity index (χ4n) is 3.21. The van der Waals surface area contributed by atoms with Crippen LogP contribution in [-0.4, -0.2) is 43.0 Å². The summed E-state index contributed by atoms with van der Waals surface area (Å²) in [5, 5.41) is 11.9. The van der Waals surface area contributed by atoms with Crippen molar-refractivity contribution < 1.29 is 9.59 Å². The van der Waals surface area contributed by atoms with Crippen LogP contribution in [-0.2, 0) is 22.4 Å². The van der Waals surface area contributed by atoms with Gasteiger partial charge in [-0.25, -0.2) is 20.8 Å². The van der Waals surface area contributed by atoms with Gasteiger partial charge < -0.3 is 0 Å². The van der Waals surface area contributed by atoms with Gasteiger partial charge in [0.1, 0.15) is 0 Å². The predicted molar refractivity (Wildman–Crippen MR) is 131 cm³/mol. The molecule has 5 rings (SSSR count). The average Bonchev–Trinajstić information content (AvgIpc) is 3.56. The molecular weight excluding hydrogens is 472 g/mol. The smallest absolute Gasteiger partial charge is 0.246 e. The largest absolute Gasteiger partial charge is 0.297 e. The fraction of sp³-hybridized carbons (Fsp3) is 0.0909. The SMILES string of the molecule is O=C(Cc1cn2ccsc2n1)NN=Cc1cccc(/C=N\NC(=O)Cc2cn3ccsc3n2)c1. The van der Waals surface area contributed by atoms with Crippen LogP contribution in [0.1, 0.15) is 22.5 Å². The van der Waals surface area contributed by atoms with Crippen molar-refractivity contribution in [3.63, 3.8) is 0 Å². The third kappa shape index (κ3) is 5.24. The van der Waals surface area contributed by atoms with Gasteiger partial charge in [-0.15, -0.1) is 22.7 Å². The molecule has 0 aliphatic rings. The molecule has 2 amide bonds. The van der Waals surface area contributed by atoms with E-state index in [1.54, 1.807) is 12.4 Å². The van der Waals surface area contributed by atoms with Crippen LogP contribution in [0.2, 0.25) is 0 Å². The lowest BCUT2D eigenvalue weighted by Crippen LogP contribution is -2.20. The van der Waals surface area contributed by atoms with Crippen LogP contribution in [0.4, 0.5) is 0 Å². The average molecular weight is 491 g/mol. The maximum absolute atomic E-state index is 12.1. The van der Waals surface area contributed by atoms with Gasteiger partial charge in [0, 0.05) is 35.5 Å². The summed E-state index contributed by atoms with van der Waals surface area (Å²) in [7, 11) is 0. The normalized spacial score (nSPS) is 11.8. The first-order chi connectivity index (χ1) is 16.6. The number of amides is 2. The van der Waals surface area contributed by atoms with Crippen LogP contribution in [0.5, 0.6) is 0 Å². The van der Waals surface area contributed by atoms with Gasteiger partial charge in [-0.1, -0.05) is 18.2 Å². The molecule has 0 spiro atoms. The zero-order valence-electron chi connectivity index (χ0n) is 17.7. The number of imidazole rings is 2. The standard InChI is InChI=1S/C22H18N8O2S2/c31-19(9-17-13-29-4-6-33-21(29)25-17)27-23-11-15-2-1-3-16(8-15)12-24-28-20(32)10-18-14-30-5-7-34-22(30)26-18/h1-8,11-14H,9-10H2,(H,27,31)(H,28,32)/b23-11-,24-12?. The van der Waals surface area contributed by atoms with Crippen LogP contribution >= 0.6 is 22.7 Å². The Bertz CT molecular complexity index is 1360. The van der Waals surface area contributed by atoms with Crippen molar-refractivity contribution in [3.05, 3.63) is 82.3 Å². The fourth-order valence-corrected chi connectivity index (χ4v) is 4.65. The quantitative estimate of drug-likeness (QED) is 0.257. The molecule has 0 bridgehead atoms. The van der Waals surface area contributed by atoms with E-state index in [1.165, 1.54) is 22.7 Å². The molecule has 34 heavy (non-hydrogen) atoms. The molecular formula is C22H18N8O2S2. The van der Waals surface area contributed by atoms with Gasteiger partial charge in [-0.2, -0.15) is 10.2 Å². The van der Waals surface area contributed by atoms with Crippen LogP contribution in [0.25, 0.3) is 9.92 Å². The number of nitrogens with zero attached hydrogens (tertiary/aromatic N) is 6. The molecule has 0 atom stereocenters. The highest BCUT2D eigenvalue weighted by atomic mass is 32.1. The van der Waals surface area contributed by atoms with Crippen LogP contribution in [0, 0.1) is 0 Å². The Morgan fingerprint density at radius 2 is 1.35 bits per heavy atom. The second-order valence-electron chi connectivity index (χ2n) is 7.26. The zero-order chi connectivity index (χ0) is 23.3. The Kier molecular flexibility index (Phi) is 6.23. The van der Waals surface area contributed by atoms with E-state index in [1.807, 2.05) is 68.6 Å². The van der Waals surface area contributed by atoms with Crippen molar-refractivity contribution in [2.24, 2.45) is 10.2 Å². The van der Waals surface area contributed by atoms with E-state index in [0.29, 0.717) is 11.4 Å². The summed E-state index contributed by atoms with van der Waals surface area (Å²) in [4.78, 5) is 34.7. The number of fused-ring (bicyclic) bond motifs is 2. The number of carbonyl (C=O) groups excluding carboxylic acids is 2. The van der Waals surface area contributed by atoms with Crippen LogP contribution in [0.3, 0.4) is 0 Å². The van der Waals surface area contributed by atoms with E-state index in [2.05, 4.69) is 31.0 Å². The molecule has 0 saturated carbocycles. The van der Waals surface area contributed by atoms with E-state index in [4.69, 9.17) is 0 Å². The molecule has 0 radical (unpaired) electrons.